The topological polar surface area (TPSA) is 97.0 Å². The number of imide groups is 1. The lowest BCUT2D eigenvalue weighted by molar-refractivity contribution is 0.0878. The average molecular weight is 244 g/mol. The highest BCUT2D eigenvalue weighted by atomic mass is 16.5. The minimum Gasteiger partial charge on any atom is -0.486 e. The molecule has 0 saturated carbocycles. The van der Waals surface area contributed by atoms with Crippen molar-refractivity contribution in [3.63, 3.8) is 0 Å². The Hall–Kier alpha value is -2.70. The first kappa shape index (κ1) is 10.5. The third-order valence-corrected chi connectivity index (χ3v) is 2.57. The highest BCUT2D eigenvalue weighted by molar-refractivity contribution is 6.22. The Morgan fingerprint density at radius 1 is 1.22 bits per heavy atom. The van der Waals surface area contributed by atoms with Crippen LogP contribution in [-0.2, 0) is 6.61 Å². The van der Waals surface area contributed by atoms with Gasteiger partial charge in [0.1, 0.15) is 18.1 Å². The van der Waals surface area contributed by atoms with Crippen molar-refractivity contribution < 1.29 is 14.3 Å². The molecule has 1 aromatic carbocycles. The van der Waals surface area contributed by atoms with Gasteiger partial charge in [-0.15, -0.1) is 0 Å². The van der Waals surface area contributed by atoms with E-state index in [1.54, 1.807) is 18.2 Å². The Kier molecular flexibility index (Phi) is 2.30. The van der Waals surface area contributed by atoms with E-state index in [0.29, 0.717) is 17.0 Å². The summed E-state index contributed by atoms with van der Waals surface area (Å²) in [5.74, 6) is -0.480. The fraction of sp³-hybridized carbons (Fsp3) is 0.0909. The van der Waals surface area contributed by atoms with Gasteiger partial charge in [-0.2, -0.15) is 15.4 Å². The van der Waals surface area contributed by atoms with Gasteiger partial charge in [0.25, 0.3) is 11.8 Å². The molecule has 3 rings (SSSR count). The molecule has 0 aliphatic carbocycles. The lowest BCUT2D eigenvalue weighted by Gasteiger charge is -2.06. The Balaban J connectivity index is 1.89. The van der Waals surface area contributed by atoms with Crippen LogP contribution >= 0.6 is 0 Å². The zero-order valence-electron chi connectivity index (χ0n) is 9.14. The minimum absolute atomic E-state index is 0.175. The summed E-state index contributed by atoms with van der Waals surface area (Å²) in [6, 6.07) is 4.88. The molecule has 7 nitrogen and oxygen atoms in total. The maximum absolute atomic E-state index is 11.6. The highest BCUT2D eigenvalue weighted by Gasteiger charge is 2.30. The van der Waals surface area contributed by atoms with Crippen LogP contribution in [-0.4, -0.2) is 27.2 Å². The van der Waals surface area contributed by atoms with Gasteiger partial charge in [0.2, 0.25) is 0 Å². The quantitative estimate of drug-likeness (QED) is 0.755. The first-order valence-corrected chi connectivity index (χ1v) is 5.22. The fourth-order valence-electron chi connectivity index (χ4n) is 1.75. The second-order valence-electron chi connectivity index (χ2n) is 3.71. The number of carbonyl (C=O) groups excluding carboxylic acids is 2. The van der Waals surface area contributed by atoms with Gasteiger partial charge in [0.15, 0.2) is 0 Å². The number of nitrogens with one attached hydrogen (secondary N) is 2. The van der Waals surface area contributed by atoms with E-state index in [-0.39, 0.29) is 12.2 Å². The minimum atomic E-state index is -0.439. The predicted octanol–water partition coefficient (Wildman–Crippen LogP) is 0.267. The summed E-state index contributed by atoms with van der Waals surface area (Å²) in [4.78, 5) is 23.1. The Morgan fingerprint density at radius 3 is 2.89 bits per heavy atom. The number of hydrogen-bond acceptors (Lipinski definition) is 5. The molecule has 0 atom stereocenters. The average Bonchev–Trinajstić information content (AvgIpc) is 2.97. The first-order valence-electron chi connectivity index (χ1n) is 5.22. The molecule has 0 saturated heterocycles. The molecule has 7 heteroatoms. The summed E-state index contributed by atoms with van der Waals surface area (Å²) in [5, 5.41) is 12.2. The Bertz CT molecular complexity index is 621. The van der Waals surface area contributed by atoms with E-state index < -0.39 is 11.8 Å². The van der Waals surface area contributed by atoms with Crippen molar-refractivity contribution in [1.29, 1.82) is 0 Å². The molecule has 1 aliphatic rings. The summed E-state index contributed by atoms with van der Waals surface area (Å²) >= 11 is 0. The third kappa shape index (κ3) is 1.61. The van der Waals surface area contributed by atoms with Gasteiger partial charge in [0, 0.05) is 0 Å². The third-order valence-electron chi connectivity index (χ3n) is 2.57. The van der Waals surface area contributed by atoms with Crippen LogP contribution in [0, 0.1) is 0 Å². The maximum atomic E-state index is 11.6. The number of amides is 2. The summed E-state index contributed by atoms with van der Waals surface area (Å²) in [5.41, 5.74) is 1.21. The second kappa shape index (κ2) is 3.95. The van der Waals surface area contributed by atoms with E-state index in [4.69, 9.17) is 4.74 Å². The Morgan fingerprint density at radius 2 is 2.11 bits per heavy atom. The van der Waals surface area contributed by atoms with Crippen molar-refractivity contribution in [2.24, 2.45) is 0 Å². The SMILES string of the molecule is O=C1NC(=O)c2c(OCc3cn[nH]n3)cccc21. The fourth-order valence-corrected chi connectivity index (χ4v) is 1.75. The molecule has 0 spiro atoms. The number of aromatic nitrogens is 3. The van der Waals surface area contributed by atoms with Crippen molar-refractivity contribution in [3.8, 4) is 5.75 Å². The molecule has 90 valence electrons. The smallest absolute Gasteiger partial charge is 0.262 e. The summed E-state index contributed by atoms with van der Waals surface area (Å²) in [6.07, 6.45) is 1.52. The van der Waals surface area contributed by atoms with Gasteiger partial charge in [-0.1, -0.05) is 6.07 Å². The molecule has 2 aromatic rings. The molecule has 2 N–H and O–H groups in total. The number of H-pyrrole nitrogens is 1. The van der Waals surface area contributed by atoms with Crippen LogP contribution in [0.1, 0.15) is 26.4 Å². The van der Waals surface area contributed by atoms with Crippen LogP contribution in [0.2, 0.25) is 0 Å². The molecular formula is C11H8N4O3. The van der Waals surface area contributed by atoms with E-state index in [1.807, 2.05) is 0 Å². The lowest BCUT2D eigenvalue weighted by atomic mass is 10.1. The number of carbonyl (C=O) groups is 2. The molecule has 0 unspecified atom stereocenters. The Labute approximate surface area is 101 Å². The number of nitrogens with zero attached hydrogens (tertiary/aromatic N) is 2. The van der Waals surface area contributed by atoms with Gasteiger partial charge in [0.05, 0.1) is 17.3 Å². The van der Waals surface area contributed by atoms with Gasteiger partial charge in [-0.05, 0) is 12.1 Å². The molecule has 1 aromatic heterocycles. The van der Waals surface area contributed by atoms with E-state index in [9.17, 15) is 9.59 Å². The van der Waals surface area contributed by atoms with Crippen molar-refractivity contribution in [2.45, 2.75) is 6.61 Å². The van der Waals surface area contributed by atoms with Gasteiger partial charge in [-0.25, -0.2) is 0 Å². The summed E-state index contributed by atoms with van der Waals surface area (Å²) in [7, 11) is 0. The van der Waals surface area contributed by atoms with Crippen LogP contribution in [0.15, 0.2) is 24.4 Å². The standard InChI is InChI=1S/C11H8N4O3/c16-10-7-2-1-3-8(9(7)11(17)13-10)18-5-6-4-12-15-14-6/h1-4H,5H2,(H,12,14,15)(H,13,16,17). The monoisotopic (exact) mass is 244 g/mol. The molecule has 2 heterocycles. The molecule has 0 fully saturated rings. The van der Waals surface area contributed by atoms with Gasteiger partial charge < -0.3 is 4.74 Å². The van der Waals surface area contributed by atoms with Crippen molar-refractivity contribution in [1.82, 2.24) is 20.7 Å². The largest absolute Gasteiger partial charge is 0.486 e. The van der Waals surface area contributed by atoms with Crippen molar-refractivity contribution in [3.05, 3.63) is 41.2 Å². The normalized spacial score (nSPS) is 13.3. The number of ether oxygens (including phenoxy) is 1. The number of hydrogen-bond donors (Lipinski definition) is 2. The van der Waals surface area contributed by atoms with Crippen LogP contribution < -0.4 is 10.1 Å². The number of benzene rings is 1. The number of aromatic amines is 1. The first-order chi connectivity index (χ1) is 8.75. The van der Waals surface area contributed by atoms with Crippen LogP contribution in [0.4, 0.5) is 0 Å². The van der Waals surface area contributed by atoms with E-state index in [0.717, 1.165) is 0 Å². The van der Waals surface area contributed by atoms with Crippen molar-refractivity contribution in [2.75, 3.05) is 0 Å². The molecule has 0 bridgehead atoms. The van der Waals surface area contributed by atoms with Crippen LogP contribution in [0.3, 0.4) is 0 Å². The zero-order chi connectivity index (χ0) is 12.5. The van der Waals surface area contributed by atoms with E-state index in [1.165, 1.54) is 6.20 Å². The van der Waals surface area contributed by atoms with Gasteiger partial charge in [-0.3, -0.25) is 14.9 Å². The summed E-state index contributed by atoms with van der Waals surface area (Å²) in [6.45, 7) is 0.175. The van der Waals surface area contributed by atoms with E-state index >= 15 is 0 Å². The lowest BCUT2D eigenvalue weighted by Crippen LogP contribution is -2.20. The summed E-state index contributed by atoms with van der Waals surface area (Å²) < 4.78 is 5.48. The molecule has 1 aliphatic heterocycles. The molecule has 0 radical (unpaired) electrons. The highest BCUT2D eigenvalue weighted by Crippen LogP contribution is 2.26. The predicted molar refractivity (Wildman–Crippen MR) is 59.0 cm³/mol. The molecule has 2 amide bonds. The number of rotatable bonds is 3. The van der Waals surface area contributed by atoms with E-state index in [2.05, 4.69) is 20.7 Å². The van der Waals surface area contributed by atoms with Crippen LogP contribution in [0.25, 0.3) is 0 Å². The van der Waals surface area contributed by atoms with Crippen LogP contribution in [0.5, 0.6) is 5.75 Å². The number of fused-ring (bicyclic) bond motifs is 1. The second-order valence-corrected chi connectivity index (χ2v) is 3.71. The van der Waals surface area contributed by atoms with Crippen molar-refractivity contribution >= 4 is 11.8 Å². The zero-order valence-corrected chi connectivity index (χ0v) is 9.14. The van der Waals surface area contributed by atoms with Gasteiger partial charge >= 0.3 is 0 Å². The maximum Gasteiger partial charge on any atom is 0.262 e. The molecule has 18 heavy (non-hydrogen) atoms. The molecular weight excluding hydrogens is 236 g/mol.